The molecule has 6 N–H and O–H groups in total. The SMILES string of the molecule is CCOc1cc(N=Nc2c(S(=O)(=O)O)cc3cc(/N=N/c4ccc(O)cc4)ccc3c2O)c(OCC)cc1N=Nc1ccc(C(=O)Nc2ccc3cc(S(=O)(=O)O)cc(OCCCCS(=O)(=O)O)c3c2)cc1OC. The van der Waals surface area contributed by atoms with Gasteiger partial charge in [0.1, 0.15) is 56.4 Å². The van der Waals surface area contributed by atoms with Crippen LogP contribution >= 0.6 is 0 Å². The normalized spacial score (nSPS) is 12.3. The number of azo groups is 3. The lowest BCUT2D eigenvalue weighted by Gasteiger charge is -2.13. The minimum absolute atomic E-state index is 0.0137. The number of carbonyl (C=O) groups is 1. The first-order chi connectivity index (χ1) is 35.1. The molecule has 74 heavy (non-hydrogen) atoms. The molecule has 0 aliphatic rings. The summed E-state index contributed by atoms with van der Waals surface area (Å²) in [4.78, 5) is 12.4. The van der Waals surface area contributed by atoms with E-state index in [1.807, 2.05) is 0 Å². The predicted octanol–water partition coefficient (Wildman–Crippen LogP) is 11.2. The summed E-state index contributed by atoms with van der Waals surface area (Å²) in [6, 6.07) is 25.4. The zero-order valence-electron chi connectivity index (χ0n) is 39.3. The second kappa shape index (κ2) is 22.7. The molecule has 0 bridgehead atoms. The molecule has 0 aliphatic heterocycles. The maximum Gasteiger partial charge on any atom is 0.296 e. The summed E-state index contributed by atoms with van der Waals surface area (Å²) in [6.45, 7) is 3.61. The number of fused-ring (bicyclic) bond motifs is 2. The molecule has 0 saturated heterocycles. The number of nitrogens with one attached hydrogen (secondary N) is 1. The third-order valence-electron chi connectivity index (χ3n) is 10.5. The Morgan fingerprint density at radius 2 is 1.22 bits per heavy atom. The third-order valence-corrected chi connectivity index (χ3v) is 13.1. The van der Waals surface area contributed by atoms with E-state index in [0.717, 1.165) is 12.1 Å². The van der Waals surface area contributed by atoms with E-state index in [1.54, 1.807) is 13.8 Å². The lowest BCUT2D eigenvalue weighted by atomic mass is 10.1. The molecule has 0 aliphatic carbocycles. The zero-order chi connectivity index (χ0) is 53.4. The predicted molar refractivity (Wildman–Crippen MR) is 271 cm³/mol. The Balaban J connectivity index is 1.13. The van der Waals surface area contributed by atoms with Gasteiger partial charge in [0, 0.05) is 40.2 Å². The second-order valence-electron chi connectivity index (χ2n) is 15.7. The van der Waals surface area contributed by atoms with Gasteiger partial charge in [-0.25, -0.2) is 0 Å². The van der Waals surface area contributed by atoms with E-state index in [9.17, 15) is 49.4 Å². The maximum atomic E-state index is 13.6. The fourth-order valence-electron chi connectivity index (χ4n) is 7.09. The number of ether oxygens (including phenoxy) is 4. The summed E-state index contributed by atoms with van der Waals surface area (Å²) in [5.41, 5.74) is 0.874. The van der Waals surface area contributed by atoms with Crippen molar-refractivity contribution < 1.29 is 72.9 Å². The molecule has 386 valence electrons. The van der Waals surface area contributed by atoms with Crippen LogP contribution in [0.3, 0.4) is 0 Å². The van der Waals surface area contributed by atoms with Crippen molar-refractivity contribution in [2.45, 2.75) is 36.5 Å². The Morgan fingerprint density at radius 1 is 0.568 bits per heavy atom. The van der Waals surface area contributed by atoms with Crippen LogP contribution < -0.4 is 24.3 Å². The monoisotopic (exact) mass is 1070 g/mol. The van der Waals surface area contributed by atoms with Crippen molar-refractivity contribution in [3.63, 3.8) is 0 Å². The van der Waals surface area contributed by atoms with Gasteiger partial charge in [-0.2, -0.15) is 35.5 Å². The molecule has 0 unspecified atom stereocenters. The standard InChI is InChI=1S/C48H45N7O16S3/c1-4-69-43-27-40(54-55-46-45(74(65,66)67)23-30-20-33(13-16-36(30)47(46)57)51-50-31-11-14-34(56)15-12-31)44(70-5-2)26-39(43)53-52-38-17-9-29(22-42(38)68-3)48(58)49-32-10-8-28-21-35(73(62,63)64)25-41(37(28)24-32)71-18-6-7-19-72(59,60)61/h8-17,20-27,56-57H,4-7,18-19H2,1-3H3,(H,49,58)(H,59,60,61)(H,62,63,64)(H,65,66,67)/b51-50+,53-52?,55-54?. The van der Waals surface area contributed by atoms with Gasteiger partial charge in [0.15, 0.2) is 5.75 Å². The Kier molecular flexibility index (Phi) is 16.5. The third kappa shape index (κ3) is 13.5. The highest BCUT2D eigenvalue weighted by atomic mass is 32.2. The molecule has 1 amide bonds. The van der Waals surface area contributed by atoms with Crippen LogP contribution in [0.2, 0.25) is 0 Å². The first-order valence-corrected chi connectivity index (χ1v) is 26.5. The van der Waals surface area contributed by atoms with Crippen LogP contribution in [0.1, 0.15) is 37.0 Å². The molecule has 0 aromatic heterocycles. The largest absolute Gasteiger partial charge is 0.508 e. The van der Waals surface area contributed by atoms with Crippen molar-refractivity contribution >= 4 is 97.6 Å². The number of unbranched alkanes of at least 4 members (excludes halogenated alkanes) is 1. The molecule has 26 heteroatoms. The first-order valence-electron chi connectivity index (χ1n) is 22.0. The number of hydrogen-bond acceptors (Lipinski definition) is 19. The lowest BCUT2D eigenvalue weighted by Crippen LogP contribution is -2.12. The molecule has 0 saturated carbocycles. The number of nitrogens with zero attached hydrogens (tertiary/aromatic N) is 6. The van der Waals surface area contributed by atoms with E-state index in [2.05, 4.69) is 36.0 Å². The first kappa shape index (κ1) is 53.7. The lowest BCUT2D eigenvalue weighted by molar-refractivity contribution is 0.102. The van der Waals surface area contributed by atoms with E-state index in [4.69, 9.17) is 23.5 Å². The van der Waals surface area contributed by atoms with E-state index in [1.165, 1.54) is 104 Å². The average molecular weight is 1070 g/mol. The summed E-state index contributed by atoms with van der Waals surface area (Å²) in [5.74, 6) is -1.28. The minimum Gasteiger partial charge on any atom is -0.508 e. The highest BCUT2D eigenvalue weighted by molar-refractivity contribution is 7.86. The molecule has 0 spiro atoms. The van der Waals surface area contributed by atoms with Gasteiger partial charge in [0.25, 0.3) is 36.3 Å². The molecule has 23 nitrogen and oxygen atoms in total. The fourth-order valence-corrected chi connectivity index (χ4v) is 8.85. The van der Waals surface area contributed by atoms with Gasteiger partial charge in [-0.1, -0.05) is 6.07 Å². The van der Waals surface area contributed by atoms with Crippen LogP contribution in [0.5, 0.6) is 34.5 Å². The number of hydrogen-bond donors (Lipinski definition) is 6. The highest BCUT2D eigenvalue weighted by Crippen LogP contribution is 2.46. The van der Waals surface area contributed by atoms with E-state index in [0.29, 0.717) is 16.5 Å². The minimum atomic E-state index is -5.00. The molecule has 7 aromatic carbocycles. The van der Waals surface area contributed by atoms with Crippen molar-refractivity contribution in [1.82, 2.24) is 0 Å². The van der Waals surface area contributed by atoms with Crippen LogP contribution in [-0.2, 0) is 30.4 Å². The maximum absolute atomic E-state index is 13.6. The van der Waals surface area contributed by atoms with Crippen LogP contribution in [0, 0.1) is 0 Å². The van der Waals surface area contributed by atoms with Crippen LogP contribution in [0.15, 0.2) is 150 Å². The topological polar surface area (TPSA) is 344 Å². The molecule has 0 fully saturated rings. The summed E-state index contributed by atoms with van der Waals surface area (Å²) in [6.07, 6.45) is 0.240. The molecule has 0 atom stereocenters. The van der Waals surface area contributed by atoms with Crippen molar-refractivity contribution in [2.24, 2.45) is 30.7 Å². The van der Waals surface area contributed by atoms with Crippen LogP contribution in [-0.4, -0.2) is 87.7 Å². The molecular weight excluding hydrogens is 1030 g/mol. The van der Waals surface area contributed by atoms with Crippen molar-refractivity contribution in [3.8, 4) is 34.5 Å². The number of benzene rings is 7. The zero-order valence-corrected chi connectivity index (χ0v) is 41.7. The number of phenols is 2. The van der Waals surface area contributed by atoms with Crippen molar-refractivity contribution in [1.29, 1.82) is 0 Å². The fraction of sp³-hybridized carbons (Fsp3) is 0.188. The van der Waals surface area contributed by atoms with Crippen LogP contribution in [0.25, 0.3) is 21.5 Å². The number of phenolic OH excluding ortho intramolecular Hbond substituents is 2. The summed E-state index contributed by atoms with van der Waals surface area (Å²) < 4.78 is 124. The van der Waals surface area contributed by atoms with Gasteiger partial charge < -0.3 is 34.5 Å². The van der Waals surface area contributed by atoms with E-state index in [-0.39, 0.29) is 106 Å². The van der Waals surface area contributed by atoms with Gasteiger partial charge >= 0.3 is 0 Å². The van der Waals surface area contributed by atoms with Crippen molar-refractivity contribution in [2.75, 3.05) is 38.0 Å². The highest BCUT2D eigenvalue weighted by Gasteiger charge is 2.24. The number of methoxy groups -OCH3 is 1. The van der Waals surface area contributed by atoms with E-state index >= 15 is 0 Å². The summed E-state index contributed by atoms with van der Waals surface area (Å²) in [5, 5.41) is 49.9. The number of aromatic hydroxyl groups is 2. The Bertz CT molecular complexity index is 3720. The van der Waals surface area contributed by atoms with Crippen LogP contribution in [0.4, 0.5) is 39.8 Å². The molecule has 7 aromatic rings. The number of anilines is 1. The number of rotatable bonds is 21. The van der Waals surface area contributed by atoms with Gasteiger partial charge in [-0.05, 0) is 122 Å². The molecule has 7 rings (SSSR count). The average Bonchev–Trinajstić information content (AvgIpc) is 3.34. The second-order valence-corrected chi connectivity index (χ2v) is 20.1. The van der Waals surface area contributed by atoms with E-state index < -0.39 is 63.2 Å². The molecule has 0 radical (unpaired) electrons. The molecular formula is C48H45N7O16S3. The van der Waals surface area contributed by atoms with Gasteiger partial charge in [0.2, 0.25) is 0 Å². The Morgan fingerprint density at radius 3 is 1.85 bits per heavy atom. The number of carbonyl (C=O) groups excluding carboxylic acids is 1. The smallest absolute Gasteiger partial charge is 0.296 e. The summed E-state index contributed by atoms with van der Waals surface area (Å²) >= 11 is 0. The van der Waals surface area contributed by atoms with Crippen molar-refractivity contribution in [3.05, 3.63) is 115 Å². The molecule has 0 heterocycles. The number of amides is 1. The van der Waals surface area contributed by atoms with Gasteiger partial charge in [-0.3, -0.25) is 18.5 Å². The quantitative estimate of drug-likeness (QED) is 0.0221. The Hall–Kier alpha value is -8.14. The Labute approximate surface area is 423 Å². The van der Waals surface area contributed by atoms with Gasteiger partial charge in [-0.15, -0.1) is 20.5 Å². The van der Waals surface area contributed by atoms with Gasteiger partial charge in [0.05, 0.1) is 49.0 Å². The summed E-state index contributed by atoms with van der Waals surface area (Å²) in [7, 11) is -12.5.